The molecule has 2 rings (SSSR count). The molecule has 0 saturated carbocycles. The molecule has 0 aliphatic heterocycles. The van der Waals surface area contributed by atoms with Crippen molar-refractivity contribution in [2.24, 2.45) is 5.73 Å². The highest BCUT2D eigenvalue weighted by Gasteiger charge is 2.21. The highest BCUT2D eigenvalue weighted by atomic mass is 35.5. The van der Waals surface area contributed by atoms with Crippen molar-refractivity contribution >= 4 is 17.6 Å². The van der Waals surface area contributed by atoms with Crippen LogP contribution in [0.3, 0.4) is 0 Å². The van der Waals surface area contributed by atoms with E-state index in [0.29, 0.717) is 17.2 Å². The van der Waals surface area contributed by atoms with Gasteiger partial charge in [0.05, 0.1) is 5.02 Å². The summed E-state index contributed by atoms with van der Waals surface area (Å²) in [6.45, 7) is 3.28. The van der Waals surface area contributed by atoms with Crippen molar-refractivity contribution in [1.29, 1.82) is 0 Å². The van der Waals surface area contributed by atoms with E-state index in [1.807, 2.05) is 55.5 Å². The van der Waals surface area contributed by atoms with Crippen LogP contribution < -0.4 is 10.5 Å². The van der Waals surface area contributed by atoms with Crippen LogP contribution in [0.2, 0.25) is 5.02 Å². The number of aliphatic hydroxyl groups excluding tert-OH is 1. The van der Waals surface area contributed by atoms with Crippen LogP contribution in [0.4, 0.5) is 0 Å². The molecule has 2 aromatic carbocycles. The summed E-state index contributed by atoms with van der Waals surface area (Å²) in [6, 6.07) is 15.3. The van der Waals surface area contributed by atoms with E-state index in [4.69, 9.17) is 26.8 Å². The summed E-state index contributed by atoms with van der Waals surface area (Å²) in [5, 5.41) is 9.77. The van der Waals surface area contributed by atoms with Crippen LogP contribution in [0.5, 0.6) is 5.75 Å². The minimum Gasteiger partial charge on any atom is -0.488 e. The van der Waals surface area contributed by atoms with Gasteiger partial charge in [-0.05, 0) is 37.1 Å². The second-order valence-electron chi connectivity index (χ2n) is 6.25. The molecule has 0 amide bonds. The van der Waals surface area contributed by atoms with Gasteiger partial charge < -0.3 is 14.6 Å². The van der Waals surface area contributed by atoms with Gasteiger partial charge in [0.2, 0.25) is 0 Å². The Bertz CT molecular complexity index is 721. The molecule has 0 aromatic heterocycles. The molecule has 2 aromatic rings. The number of aryl methyl sites for hydroxylation is 1. The average molecular weight is 378 g/mol. The van der Waals surface area contributed by atoms with Gasteiger partial charge in [0, 0.05) is 12.8 Å². The first-order valence-corrected chi connectivity index (χ1v) is 8.84. The molecule has 3 atom stereocenters. The van der Waals surface area contributed by atoms with Gasteiger partial charge in [0.1, 0.15) is 18.0 Å². The Labute approximate surface area is 158 Å². The zero-order chi connectivity index (χ0) is 19.1. The van der Waals surface area contributed by atoms with Gasteiger partial charge >= 0.3 is 5.97 Å². The van der Waals surface area contributed by atoms with Gasteiger partial charge in [-0.15, -0.1) is 0 Å². The molecule has 0 aliphatic carbocycles. The highest BCUT2D eigenvalue weighted by Crippen LogP contribution is 2.27. The number of hydrogen-bond acceptors (Lipinski definition) is 5. The van der Waals surface area contributed by atoms with Crippen LogP contribution in [0.25, 0.3) is 0 Å². The molecule has 3 unspecified atom stereocenters. The fraction of sp³-hybridized carbons (Fsp3) is 0.350. The minimum absolute atomic E-state index is 0.261. The van der Waals surface area contributed by atoms with Crippen molar-refractivity contribution in [3.05, 3.63) is 64.7 Å². The van der Waals surface area contributed by atoms with Crippen LogP contribution in [0.15, 0.2) is 48.5 Å². The number of rotatable bonds is 8. The number of carbonyl (C=O) groups excluding carboxylic acids is 1. The van der Waals surface area contributed by atoms with E-state index >= 15 is 0 Å². The van der Waals surface area contributed by atoms with Crippen LogP contribution in [0, 0.1) is 6.92 Å². The zero-order valence-corrected chi connectivity index (χ0v) is 15.6. The predicted molar refractivity (Wildman–Crippen MR) is 101 cm³/mol. The fourth-order valence-electron chi connectivity index (χ4n) is 2.49. The summed E-state index contributed by atoms with van der Waals surface area (Å²) in [5.74, 6) is -0.212. The third kappa shape index (κ3) is 6.33. The van der Waals surface area contributed by atoms with Crippen molar-refractivity contribution in [1.82, 2.24) is 0 Å². The van der Waals surface area contributed by atoms with E-state index in [2.05, 4.69) is 0 Å². The summed E-state index contributed by atoms with van der Waals surface area (Å²) in [5.41, 5.74) is 8.01. The van der Waals surface area contributed by atoms with Crippen molar-refractivity contribution in [2.75, 3.05) is 0 Å². The molecule has 0 fully saturated rings. The number of aliphatic hydroxyl groups is 1. The third-order valence-corrected chi connectivity index (χ3v) is 4.09. The SMILES string of the molecule is Cc1ccc(OC(Cc2ccccc2)CC(N)OC(=O)C(C)O)c(Cl)c1. The normalized spacial score (nSPS) is 14.3. The van der Waals surface area contributed by atoms with E-state index in [0.717, 1.165) is 11.1 Å². The number of benzene rings is 2. The lowest BCUT2D eigenvalue weighted by Crippen LogP contribution is -2.37. The number of halogens is 1. The first-order chi connectivity index (χ1) is 12.3. The molecule has 140 valence electrons. The van der Waals surface area contributed by atoms with Crippen LogP contribution in [-0.2, 0) is 16.0 Å². The maximum absolute atomic E-state index is 11.5. The molecule has 0 heterocycles. The molecule has 0 aliphatic rings. The van der Waals surface area contributed by atoms with E-state index in [1.165, 1.54) is 6.92 Å². The van der Waals surface area contributed by atoms with Gasteiger partial charge in [-0.2, -0.15) is 0 Å². The van der Waals surface area contributed by atoms with Gasteiger partial charge in [-0.1, -0.05) is 48.0 Å². The second-order valence-corrected chi connectivity index (χ2v) is 6.66. The first-order valence-electron chi connectivity index (χ1n) is 8.46. The lowest BCUT2D eigenvalue weighted by atomic mass is 10.0. The number of esters is 1. The molecular formula is C20H24ClNO4. The Morgan fingerprint density at radius 2 is 1.92 bits per heavy atom. The maximum Gasteiger partial charge on any atom is 0.336 e. The van der Waals surface area contributed by atoms with Crippen LogP contribution in [0.1, 0.15) is 24.5 Å². The highest BCUT2D eigenvalue weighted by molar-refractivity contribution is 6.32. The molecule has 0 spiro atoms. The van der Waals surface area contributed by atoms with Gasteiger partial charge in [0.15, 0.2) is 6.23 Å². The molecular weight excluding hydrogens is 354 g/mol. The zero-order valence-electron chi connectivity index (χ0n) is 14.9. The van der Waals surface area contributed by atoms with Gasteiger partial charge in [-0.3, -0.25) is 5.73 Å². The van der Waals surface area contributed by atoms with Crippen molar-refractivity contribution in [2.45, 2.75) is 45.1 Å². The Balaban J connectivity index is 2.11. The monoisotopic (exact) mass is 377 g/mol. The van der Waals surface area contributed by atoms with Crippen molar-refractivity contribution in [3.8, 4) is 5.75 Å². The minimum atomic E-state index is -1.22. The summed E-state index contributed by atoms with van der Waals surface area (Å²) >= 11 is 6.26. The quantitative estimate of drug-likeness (QED) is 0.545. The Hall–Kier alpha value is -2.08. The maximum atomic E-state index is 11.5. The Morgan fingerprint density at radius 3 is 2.54 bits per heavy atom. The molecule has 6 heteroatoms. The lowest BCUT2D eigenvalue weighted by molar-refractivity contribution is -0.159. The fourth-order valence-corrected chi connectivity index (χ4v) is 2.77. The molecule has 0 bridgehead atoms. The number of hydrogen-bond donors (Lipinski definition) is 2. The van der Waals surface area contributed by atoms with E-state index in [1.54, 1.807) is 0 Å². The summed E-state index contributed by atoms with van der Waals surface area (Å²) in [6.07, 6.45) is -1.63. The molecule has 3 N–H and O–H groups in total. The standard InChI is InChI=1S/C20H24ClNO4/c1-13-8-9-18(17(21)10-13)25-16(11-15-6-4-3-5-7-15)12-19(22)26-20(24)14(2)23/h3-10,14,16,19,23H,11-12,22H2,1-2H3. The summed E-state index contributed by atoms with van der Waals surface area (Å²) in [4.78, 5) is 11.5. The first kappa shape index (κ1) is 20.2. The second kappa shape index (κ2) is 9.57. The van der Waals surface area contributed by atoms with Crippen molar-refractivity contribution in [3.63, 3.8) is 0 Å². The summed E-state index contributed by atoms with van der Waals surface area (Å²) in [7, 11) is 0. The van der Waals surface area contributed by atoms with E-state index < -0.39 is 18.3 Å². The summed E-state index contributed by atoms with van der Waals surface area (Å²) < 4.78 is 11.1. The molecule has 0 radical (unpaired) electrons. The smallest absolute Gasteiger partial charge is 0.336 e. The largest absolute Gasteiger partial charge is 0.488 e. The molecule has 0 saturated heterocycles. The predicted octanol–water partition coefficient (Wildman–Crippen LogP) is 3.24. The number of carbonyl (C=O) groups is 1. The topological polar surface area (TPSA) is 81.8 Å². The Morgan fingerprint density at radius 1 is 1.23 bits per heavy atom. The van der Waals surface area contributed by atoms with Crippen molar-refractivity contribution < 1.29 is 19.4 Å². The third-order valence-electron chi connectivity index (χ3n) is 3.79. The van der Waals surface area contributed by atoms with Gasteiger partial charge in [0.25, 0.3) is 0 Å². The van der Waals surface area contributed by atoms with E-state index in [-0.39, 0.29) is 12.5 Å². The number of nitrogens with two attached hydrogens (primary N) is 1. The van der Waals surface area contributed by atoms with Crippen LogP contribution in [-0.4, -0.2) is 29.5 Å². The molecule has 5 nitrogen and oxygen atoms in total. The lowest BCUT2D eigenvalue weighted by Gasteiger charge is -2.23. The number of ether oxygens (including phenoxy) is 2. The van der Waals surface area contributed by atoms with E-state index in [9.17, 15) is 9.90 Å². The average Bonchev–Trinajstić information content (AvgIpc) is 2.58. The Kier molecular flexibility index (Phi) is 7.45. The molecule has 26 heavy (non-hydrogen) atoms. The van der Waals surface area contributed by atoms with Crippen LogP contribution >= 0.6 is 11.6 Å². The van der Waals surface area contributed by atoms with Gasteiger partial charge in [-0.25, -0.2) is 4.79 Å².